The van der Waals surface area contributed by atoms with Crippen LogP contribution >= 0.6 is 0 Å². The fraction of sp³-hybridized carbons (Fsp3) is 0.857. The molecule has 0 aliphatic heterocycles. The Bertz CT molecular complexity index is 303. The minimum absolute atomic E-state index is 0.517. The standard InChI is InChI=1S/C28H54O/c1-5-9-11-13-15-17-19-21-23-27(7-3)25-29-26-28(8-4)24-22-20-18-16-14-12-10-6-2/h7-8,27-28H,3-6,9-26H2,1-2H3. The van der Waals surface area contributed by atoms with Crippen LogP contribution in [0.25, 0.3) is 0 Å². The molecule has 0 bridgehead atoms. The van der Waals surface area contributed by atoms with Crippen LogP contribution in [-0.4, -0.2) is 13.2 Å². The monoisotopic (exact) mass is 406 g/mol. The lowest BCUT2D eigenvalue weighted by Gasteiger charge is -2.16. The molecule has 0 radical (unpaired) electrons. The average molecular weight is 407 g/mol. The van der Waals surface area contributed by atoms with Crippen molar-refractivity contribution in [1.82, 2.24) is 0 Å². The van der Waals surface area contributed by atoms with Crippen LogP contribution in [0.3, 0.4) is 0 Å². The first kappa shape index (κ1) is 28.4. The Morgan fingerprint density at radius 3 is 1.14 bits per heavy atom. The van der Waals surface area contributed by atoms with E-state index in [1.54, 1.807) is 0 Å². The summed E-state index contributed by atoms with van der Waals surface area (Å²) in [4.78, 5) is 0. The van der Waals surface area contributed by atoms with Crippen LogP contribution in [0.2, 0.25) is 0 Å². The van der Waals surface area contributed by atoms with Gasteiger partial charge in [-0.3, -0.25) is 0 Å². The Hall–Kier alpha value is -0.560. The molecule has 0 rings (SSSR count). The first-order chi connectivity index (χ1) is 14.3. The van der Waals surface area contributed by atoms with Crippen molar-refractivity contribution in [2.75, 3.05) is 13.2 Å². The Balaban J connectivity index is 3.61. The average Bonchev–Trinajstić information content (AvgIpc) is 2.74. The van der Waals surface area contributed by atoms with Crippen LogP contribution in [-0.2, 0) is 4.74 Å². The van der Waals surface area contributed by atoms with Gasteiger partial charge in [-0.2, -0.15) is 0 Å². The van der Waals surface area contributed by atoms with E-state index in [1.807, 2.05) is 0 Å². The molecule has 29 heavy (non-hydrogen) atoms. The van der Waals surface area contributed by atoms with Crippen molar-refractivity contribution in [3.8, 4) is 0 Å². The second-order valence-corrected chi connectivity index (χ2v) is 9.06. The summed E-state index contributed by atoms with van der Waals surface area (Å²) in [6.45, 7) is 14.3. The lowest BCUT2D eigenvalue weighted by Crippen LogP contribution is -2.13. The normalized spacial score (nSPS) is 13.3. The van der Waals surface area contributed by atoms with Gasteiger partial charge in [-0.25, -0.2) is 0 Å². The Kier molecular flexibility index (Phi) is 23.3. The highest BCUT2D eigenvalue weighted by molar-refractivity contribution is 4.81. The van der Waals surface area contributed by atoms with Gasteiger partial charge >= 0.3 is 0 Å². The van der Waals surface area contributed by atoms with E-state index >= 15 is 0 Å². The van der Waals surface area contributed by atoms with Gasteiger partial charge in [0.25, 0.3) is 0 Å². The maximum Gasteiger partial charge on any atom is 0.0528 e. The molecule has 1 heteroatoms. The van der Waals surface area contributed by atoms with Crippen LogP contribution in [0, 0.1) is 11.8 Å². The quantitative estimate of drug-likeness (QED) is 0.114. The van der Waals surface area contributed by atoms with Gasteiger partial charge in [-0.1, -0.05) is 129 Å². The lowest BCUT2D eigenvalue weighted by atomic mass is 9.99. The molecule has 0 aromatic rings. The van der Waals surface area contributed by atoms with Crippen LogP contribution in [0.1, 0.15) is 129 Å². The summed E-state index contributed by atoms with van der Waals surface area (Å²) in [5.41, 5.74) is 0. The van der Waals surface area contributed by atoms with E-state index in [2.05, 4.69) is 39.2 Å². The zero-order chi connectivity index (χ0) is 21.4. The molecule has 0 aliphatic rings. The van der Waals surface area contributed by atoms with Crippen molar-refractivity contribution in [3.05, 3.63) is 25.3 Å². The number of rotatable bonds is 24. The second kappa shape index (κ2) is 23.7. The van der Waals surface area contributed by atoms with E-state index in [-0.39, 0.29) is 0 Å². The van der Waals surface area contributed by atoms with Crippen molar-refractivity contribution < 1.29 is 4.74 Å². The van der Waals surface area contributed by atoms with Gasteiger partial charge in [0.2, 0.25) is 0 Å². The molecule has 0 saturated carbocycles. The third-order valence-electron chi connectivity index (χ3n) is 6.19. The summed E-state index contributed by atoms with van der Waals surface area (Å²) in [5.74, 6) is 1.03. The summed E-state index contributed by atoms with van der Waals surface area (Å²) in [6.07, 6.45) is 28.8. The minimum Gasteiger partial charge on any atom is -0.380 e. The van der Waals surface area contributed by atoms with E-state index in [0.29, 0.717) is 11.8 Å². The van der Waals surface area contributed by atoms with E-state index in [1.165, 1.54) is 116 Å². The zero-order valence-electron chi connectivity index (χ0n) is 20.3. The Morgan fingerprint density at radius 1 is 0.517 bits per heavy atom. The lowest BCUT2D eigenvalue weighted by molar-refractivity contribution is 0.0878. The molecular formula is C28H54O. The summed E-state index contributed by atoms with van der Waals surface area (Å²) in [5, 5.41) is 0. The largest absolute Gasteiger partial charge is 0.380 e. The van der Waals surface area contributed by atoms with Crippen molar-refractivity contribution in [2.24, 2.45) is 11.8 Å². The smallest absolute Gasteiger partial charge is 0.0528 e. The molecule has 0 saturated heterocycles. The van der Waals surface area contributed by atoms with Gasteiger partial charge in [0.05, 0.1) is 13.2 Å². The molecule has 0 aliphatic carbocycles. The van der Waals surface area contributed by atoms with Crippen LogP contribution in [0.5, 0.6) is 0 Å². The summed E-state index contributed by atoms with van der Waals surface area (Å²) < 4.78 is 6.04. The topological polar surface area (TPSA) is 9.23 Å². The van der Waals surface area contributed by atoms with Gasteiger partial charge < -0.3 is 4.74 Å². The second-order valence-electron chi connectivity index (χ2n) is 9.06. The molecule has 0 aromatic heterocycles. The van der Waals surface area contributed by atoms with Gasteiger partial charge in [0.1, 0.15) is 0 Å². The number of hydrogen-bond donors (Lipinski definition) is 0. The first-order valence-corrected chi connectivity index (χ1v) is 13.1. The maximum atomic E-state index is 6.04. The molecule has 0 aromatic carbocycles. The molecule has 172 valence electrons. The fourth-order valence-corrected chi connectivity index (χ4v) is 3.99. The van der Waals surface area contributed by atoms with E-state index in [9.17, 15) is 0 Å². The third kappa shape index (κ3) is 20.5. The summed E-state index contributed by atoms with van der Waals surface area (Å²) >= 11 is 0. The van der Waals surface area contributed by atoms with Gasteiger partial charge in [0.15, 0.2) is 0 Å². The highest BCUT2D eigenvalue weighted by atomic mass is 16.5. The van der Waals surface area contributed by atoms with Crippen molar-refractivity contribution in [3.63, 3.8) is 0 Å². The molecule has 0 heterocycles. The van der Waals surface area contributed by atoms with Gasteiger partial charge in [0, 0.05) is 0 Å². The molecule has 0 fully saturated rings. The summed E-state index contributed by atoms with van der Waals surface area (Å²) in [6, 6.07) is 0. The molecule has 1 nitrogen and oxygen atoms in total. The molecule has 0 N–H and O–H groups in total. The number of unbranched alkanes of at least 4 members (excludes halogenated alkanes) is 14. The number of hydrogen-bond acceptors (Lipinski definition) is 1. The van der Waals surface area contributed by atoms with Crippen molar-refractivity contribution in [1.29, 1.82) is 0 Å². The van der Waals surface area contributed by atoms with Gasteiger partial charge in [-0.15, -0.1) is 13.2 Å². The Labute approximate surface area is 184 Å². The SMILES string of the molecule is C=CC(CCCCCCCCCC)COCC(C=C)CCCCCCCCCC. The fourth-order valence-electron chi connectivity index (χ4n) is 3.99. The van der Waals surface area contributed by atoms with Gasteiger partial charge in [-0.05, 0) is 24.7 Å². The molecule has 2 atom stereocenters. The minimum atomic E-state index is 0.517. The third-order valence-corrected chi connectivity index (χ3v) is 6.19. The van der Waals surface area contributed by atoms with Crippen LogP contribution < -0.4 is 0 Å². The van der Waals surface area contributed by atoms with Crippen LogP contribution in [0.15, 0.2) is 25.3 Å². The molecule has 0 amide bonds. The zero-order valence-corrected chi connectivity index (χ0v) is 20.3. The molecule has 2 unspecified atom stereocenters. The first-order valence-electron chi connectivity index (χ1n) is 13.1. The van der Waals surface area contributed by atoms with Crippen LogP contribution in [0.4, 0.5) is 0 Å². The summed E-state index contributed by atoms with van der Waals surface area (Å²) in [7, 11) is 0. The molecular weight excluding hydrogens is 352 g/mol. The molecule has 0 spiro atoms. The van der Waals surface area contributed by atoms with E-state index < -0.39 is 0 Å². The number of ether oxygens (including phenoxy) is 1. The van der Waals surface area contributed by atoms with E-state index in [0.717, 1.165) is 13.2 Å². The van der Waals surface area contributed by atoms with Crippen molar-refractivity contribution >= 4 is 0 Å². The van der Waals surface area contributed by atoms with E-state index in [4.69, 9.17) is 4.74 Å². The Morgan fingerprint density at radius 2 is 0.828 bits per heavy atom. The predicted molar refractivity (Wildman–Crippen MR) is 133 cm³/mol. The highest BCUT2D eigenvalue weighted by Crippen LogP contribution is 2.17. The predicted octanol–water partition coefficient (Wildman–Crippen LogP) is 9.67. The maximum absolute atomic E-state index is 6.04. The highest BCUT2D eigenvalue weighted by Gasteiger charge is 2.08. The van der Waals surface area contributed by atoms with Crippen molar-refractivity contribution in [2.45, 2.75) is 129 Å².